The van der Waals surface area contributed by atoms with Crippen LogP contribution < -0.4 is 9.86 Å². The van der Waals surface area contributed by atoms with Crippen LogP contribution in [0.3, 0.4) is 0 Å². The predicted octanol–water partition coefficient (Wildman–Crippen LogP) is 3.65. The van der Waals surface area contributed by atoms with Crippen molar-refractivity contribution in [2.45, 2.75) is 0 Å². The number of hydrogen-bond donors (Lipinski definition) is 1. The zero-order valence-electron chi connectivity index (χ0n) is 17.3. The van der Waals surface area contributed by atoms with E-state index in [-0.39, 0.29) is 16.3 Å². The van der Waals surface area contributed by atoms with Crippen molar-refractivity contribution in [1.82, 2.24) is 9.78 Å². The van der Waals surface area contributed by atoms with E-state index in [4.69, 9.17) is 11.6 Å². The second kappa shape index (κ2) is 9.06. The van der Waals surface area contributed by atoms with E-state index in [2.05, 4.69) is 5.10 Å². The molecule has 1 aromatic heterocycles. The quantitative estimate of drug-likeness (QED) is 0.402. The Kier molecular flexibility index (Phi) is 6.35. The number of nitrogens with zero attached hydrogens (tertiary/aromatic N) is 3. The number of sulfone groups is 1. The minimum absolute atomic E-state index is 0.0452. The average Bonchev–Trinajstić information content (AvgIpc) is 2.78. The highest BCUT2D eigenvalue weighted by molar-refractivity contribution is 7.92. The SMILES string of the molecule is CS(=O)(=O)CN(c1cc(-c2nn(-c3ccccc3)c(=O)c3ccccc23)ccc1Cl)S(=O)O. The maximum absolute atomic E-state index is 13.1. The molecular weight excluding hydrogens is 486 g/mol. The van der Waals surface area contributed by atoms with Crippen LogP contribution in [0.4, 0.5) is 5.69 Å². The van der Waals surface area contributed by atoms with Crippen molar-refractivity contribution >= 4 is 49.2 Å². The number of halogens is 1. The molecule has 1 atom stereocenters. The van der Waals surface area contributed by atoms with Crippen LogP contribution in [0.1, 0.15) is 0 Å². The molecule has 1 N–H and O–H groups in total. The van der Waals surface area contributed by atoms with E-state index in [1.165, 1.54) is 16.8 Å². The molecule has 3 aromatic carbocycles. The summed E-state index contributed by atoms with van der Waals surface area (Å²) in [5.74, 6) is -0.711. The number of fused-ring (bicyclic) bond motifs is 1. The number of benzene rings is 3. The number of hydrogen-bond acceptors (Lipinski definition) is 5. The van der Waals surface area contributed by atoms with E-state index in [1.807, 2.05) is 6.07 Å². The molecule has 170 valence electrons. The van der Waals surface area contributed by atoms with Crippen molar-refractivity contribution in [3.63, 3.8) is 0 Å². The third-order valence-electron chi connectivity index (χ3n) is 4.83. The molecule has 11 heteroatoms. The minimum Gasteiger partial charge on any atom is -0.289 e. The van der Waals surface area contributed by atoms with Crippen molar-refractivity contribution < 1.29 is 17.2 Å². The van der Waals surface area contributed by atoms with E-state index >= 15 is 0 Å². The molecule has 0 saturated carbocycles. The third kappa shape index (κ3) is 4.83. The van der Waals surface area contributed by atoms with Gasteiger partial charge in [-0.25, -0.2) is 12.6 Å². The Bertz CT molecular complexity index is 1540. The lowest BCUT2D eigenvalue weighted by Gasteiger charge is -2.21. The summed E-state index contributed by atoms with van der Waals surface area (Å²) in [6.45, 7) is 0. The lowest BCUT2D eigenvalue weighted by atomic mass is 10.0. The molecule has 0 saturated heterocycles. The highest BCUT2D eigenvalue weighted by Crippen LogP contribution is 2.34. The molecule has 1 unspecified atom stereocenters. The fourth-order valence-corrected chi connectivity index (χ4v) is 5.50. The number of rotatable bonds is 6. The highest BCUT2D eigenvalue weighted by Gasteiger charge is 2.22. The summed E-state index contributed by atoms with van der Waals surface area (Å²) < 4.78 is 47.4. The van der Waals surface area contributed by atoms with Crippen LogP contribution in [0.15, 0.2) is 77.6 Å². The van der Waals surface area contributed by atoms with Gasteiger partial charge in [0.1, 0.15) is 5.88 Å². The van der Waals surface area contributed by atoms with Gasteiger partial charge in [0.15, 0.2) is 9.84 Å². The third-order valence-corrected chi connectivity index (χ3v) is 6.75. The highest BCUT2D eigenvalue weighted by atomic mass is 35.5. The monoisotopic (exact) mass is 503 g/mol. The summed E-state index contributed by atoms with van der Waals surface area (Å²) in [7, 11) is -3.64. The van der Waals surface area contributed by atoms with Gasteiger partial charge < -0.3 is 0 Å². The molecule has 8 nitrogen and oxygen atoms in total. The normalized spacial score (nSPS) is 12.6. The molecule has 0 aliphatic heterocycles. The lowest BCUT2D eigenvalue weighted by molar-refractivity contribution is 0.559. The molecule has 0 amide bonds. The zero-order valence-corrected chi connectivity index (χ0v) is 19.6. The number of anilines is 1. The van der Waals surface area contributed by atoms with Gasteiger partial charge in [-0.15, -0.1) is 0 Å². The molecule has 0 spiro atoms. The van der Waals surface area contributed by atoms with E-state index in [0.29, 0.717) is 27.7 Å². The van der Waals surface area contributed by atoms with Gasteiger partial charge in [-0.3, -0.25) is 13.7 Å². The van der Waals surface area contributed by atoms with Crippen LogP contribution >= 0.6 is 11.6 Å². The van der Waals surface area contributed by atoms with Crippen LogP contribution in [0, 0.1) is 0 Å². The Morgan fingerprint density at radius 2 is 1.67 bits per heavy atom. The Morgan fingerprint density at radius 3 is 2.30 bits per heavy atom. The predicted molar refractivity (Wildman–Crippen MR) is 131 cm³/mol. The standard InChI is InChI=1S/C22H18ClN3O5S2/c1-33(30,31)14-25(32(28)29)20-13-15(11-12-19(20)23)21-17-9-5-6-10-18(17)22(27)26(24-21)16-7-3-2-4-8-16/h2-13H,14H2,1H3,(H,28,29). The van der Waals surface area contributed by atoms with E-state index in [1.54, 1.807) is 54.6 Å². The Morgan fingerprint density at radius 1 is 1.03 bits per heavy atom. The van der Waals surface area contributed by atoms with Gasteiger partial charge in [0, 0.05) is 17.2 Å². The van der Waals surface area contributed by atoms with Crippen LogP contribution in [-0.2, 0) is 21.1 Å². The Hall–Kier alpha value is -3.05. The Balaban J connectivity index is 1.98. The first kappa shape index (κ1) is 23.1. The largest absolute Gasteiger partial charge is 0.289 e. The van der Waals surface area contributed by atoms with Gasteiger partial charge in [-0.2, -0.15) is 9.78 Å². The summed E-state index contributed by atoms with van der Waals surface area (Å²) in [4.78, 5) is 13.1. The molecular formula is C22H18ClN3O5S2. The topological polar surface area (TPSA) is 110 Å². The molecule has 0 bridgehead atoms. The molecule has 0 aliphatic carbocycles. The maximum Gasteiger partial charge on any atom is 0.279 e. The molecule has 4 aromatic rings. The van der Waals surface area contributed by atoms with E-state index < -0.39 is 27.0 Å². The lowest BCUT2D eigenvalue weighted by Crippen LogP contribution is -2.31. The van der Waals surface area contributed by atoms with E-state index in [9.17, 15) is 22.0 Å². The summed E-state index contributed by atoms with van der Waals surface area (Å²) in [6, 6.07) is 20.5. The molecule has 4 rings (SSSR count). The van der Waals surface area contributed by atoms with Gasteiger partial charge >= 0.3 is 0 Å². The summed E-state index contributed by atoms with van der Waals surface area (Å²) in [5.41, 5.74) is 1.22. The fourth-order valence-electron chi connectivity index (χ4n) is 3.41. The second-order valence-corrected chi connectivity index (χ2v) is 10.7. The number of para-hydroxylation sites is 1. The van der Waals surface area contributed by atoms with Gasteiger partial charge in [-0.1, -0.05) is 54.1 Å². The van der Waals surface area contributed by atoms with Gasteiger partial charge in [0.25, 0.3) is 16.8 Å². The van der Waals surface area contributed by atoms with E-state index in [0.717, 1.165) is 10.6 Å². The van der Waals surface area contributed by atoms with Gasteiger partial charge in [0.05, 0.1) is 27.5 Å². The second-order valence-electron chi connectivity index (χ2n) is 7.28. The van der Waals surface area contributed by atoms with Crippen molar-refractivity contribution in [3.8, 4) is 16.9 Å². The minimum atomic E-state index is -3.64. The molecule has 33 heavy (non-hydrogen) atoms. The van der Waals surface area contributed by atoms with Crippen LogP contribution in [0.5, 0.6) is 0 Å². The first-order chi connectivity index (χ1) is 15.7. The summed E-state index contributed by atoms with van der Waals surface area (Å²) >= 11 is 3.62. The summed E-state index contributed by atoms with van der Waals surface area (Å²) in [6.07, 6.45) is 0.954. The van der Waals surface area contributed by atoms with Crippen LogP contribution in [0.25, 0.3) is 27.7 Å². The van der Waals surface area contributed by atoms with Crippen molar-refractivity contribution in [2.24, 2.45) is 0 Å². The van der Waals surface area contributed by atoms with Crippen molar-refractivity contribution in [1.29, 1.82) is 0 Å². The first-order valence-corrected chi connectivity index (χ1v) is 13.1. The molecule has 0 aliphatic rings. The fraction of sp³-hybridized carbons (Fsp3) is 0.0909. The summed E-state index contributed by atoms with van der Waals surface area (Å²) in [5, 5.41) is 5.67. The molecule has 1 heterocycles. The maximum atomic E-state index is 13.1. The average molecular weight is 504 g/mol. The van der Waals surface area contributed by atoms with Crippen LogP contribution in [0.2, 0.25) is 5.02 Å². The Labute approximate surface area is 197 Å². The van der Waals surface area contributed by atoms with Crippen molar-refractivity contribution in [2.75, 3.05) is 16.4 Å². The smallest absolute Gasteiger partial charge is 0.279 e. The number of aromatic nitrogens is 2. The molecule has 0 radical (unpaired) electrons. The molecule has 0 fully saturated rings. The van der Waals surface area contributed by atoms with Gasteiger partial charge in [-0.05, 0) is 30.3 Å². The zero-order chi connectivity index (χ0) is 23.8. The van der Waals surface area contributed by atoms with Gasteiger partial charge in [0.2, 0.25) is 0 Å². The van der Waals surface area contributed by atoms with Crippen molar-refractivity contribution in [3.05, 3.63) is 88.2 Å². The van der Waals surface area contributed by atoms with Crippen LogP contribution in [-0.4, -0.2) is 39.1 Å². The first-order valence-electron chi connectivity index (χ1n) is 9.59.